The van der Waals surface area contributed by atoms with Crippen molar-refractivity contribution in [2.24, 2.45) is 12.5 Å². The summed E-state index contributed by atoms with van der Waals surface area (Å²) in [7, 11) is 2.02. The molecule has 3 heteroatoms. The van der Waals surface area contributed by atoms with E-state index in [1.165, 1.54) is 23.0 Å². The van der Waals surface area contributed by atoms with E-state index in [0.717, 1.165) is 19.3 Å². The first-order valence-corrected chi connectivity index (χ1v) is 7.06. The number of halogens is 1. The maximum absolute atomic E-state index is 6.26. The molecule has 1 aromatic carbocycles. The molecule has 0 spiro atoms. The van der Waals surface area contributed by atoms with Crippen LogP contribution in [0.15, 0.2) is 24.3 Å². The van der Waals surface area contributed by atoms with Gasteiger partial charge in [-0.15, -0.1) is 11.6 Å². The highest BCUT2D eigenvalue weighted by Crippen LogP contribution is 2.43. The molecule has 0 N–H and O–H groups in total. The predicted molar refractivity (Wildman–Crippen MR) is 76.0 cm³/mol. The Balaban J connectivity index is 1.96. The summed E-state index contributed by atoms with van der Waals surface area (Å²) in [4.78, 5) is 0. The third-order valence-corrected chi connectivity index (χ3v) is 4.58. The van der Waals surface area contributed by atoms with E-state index in [9.17, 15) is 0 Å². The van der Waals surface area contributed by atoms with Crippen molar-refractivity contribution in [3.8, 4) is 0 Å². The third kappa shape index (κ3) is 2.03. The number of aryl methyl sites for hydroxylation is 1. The van der Waals surface area contributed by atoms with Crippen LogP contribution >= 0.6 is 11.6 Å². The lowest BCUT2D eigenvalue weighted by atomic mass is 9.83. The van der Waals surface area contributed by atoms with Gasteiger partial charge in [-0.25, -0.2) is 0 Å². The van der Waals surface area contributed by atoms with Crippen LogP contribution in [0.5, 0.6) is 0 Å². The Hall–Kier alpha value is -1.02. The summed E-state index contributed by atoms with van der Waals surface area (Å²) in [5.74, 6) is 0. The molecule has 2 atom stereocenters. The quantitative estimate of drug-likeness (QED) is 0.751. The molecular formula is C15H19ClN2. The molecule has 1 saturated carbocycles. The van der Waals surface area contributed by atoms with E-state index in [2.05, 4.69) is 31.2 Å². The van der Waals surface area contributed by atoms with Gasteiger partial charge in [0.05, 0.1) is 11.2 Å². The number of hydrogen-bond acceptors (Lipinski definition) is 1. The van der Waals surface area contributed by atoms with Crippen LogP contribution in [0.25, 0.3) is 10.9 Å². The summed E-state index contributed by atoms with van der Waals surface area (Å²) in [6.07, 6.45) is 4.51. The molecule has 1 aliphatic rings. The lowest BCUT2D eigenvalue weighted by Gasteiger charge is -2.22. The molecule has 2 aromatic rings. The Morgan fingerprint density at radius 1 is 1.44 bits per heavy atom. The minimum atomic E-state index is 0.323. The smallest absolute Gasteiger partial charge is 0.0708 e. The molecule has 0 radical (unpaired) electrons. The SMILES string of the molecule is Cn1nc(CC2(C)CCC(Cl)C2)c2ccccc21. The van der Waals surface area contributed by atoms with Gasteiger partial charge in [-0.3, -0.25) is 4.68 Å². The molecule has 1 aliphatic carbocycles. The Morgan fingerprint density at radius 3 is 2.94 bits per heavy atom. The Morgan fingerprint density at radius 2 is 2.22 bits per heavy atom. The zero-order chi connectivity index (χ0) is 12.8. The molecule has 0 amide bonds. The number of alkyl halides is 1. The Labute approximate surface area is 113 Å². The van der Waals surface area contributed by atoms with Crippen molar-refractivity contribution < 1.29 is 0 Å². The van der Waals surface area contributed by atoms with E-state index in [4.69, 9.17) is 16.7 Å². The second-order valence-corrected chi connectivity index (χ2v) is 6.53. The van der Waals surface area contributed by atoms with Gasteiger partial charge in [0.2, 0.25) is 0 Å². The molecule has 2 nitrogen and oxygen atoms in total. The molecule has 18 heavy (non-hydrogen) atoms. The van der Waals surface area contributed by atoms with Crippen LogP contribution in [-0.4, -0.2) is 15.2 Å². The summed E-state index contributed by atoms with van der Waals surface area (Å²) < 4.78 is 1.99. The molecule has 0 saturated heterocycles. The Kier molecular flexibility index (Phi) is 2.86. The van der Waals surface area contributed by atoms with Gasteiger partial charge in [0.15, 0.2) is 0 Å². The molecule has 1 heterocycles. The van der Waals surface area contributed by atoms with E-state index >= 15 is 0 Å². The van der Waals surface area contributed by atoms with Crippen molar-refractivity contribution in [2.45, 2.75) is 38.0 Å². The maximum atomic E-state index is 6.26. The number of benzene rings is 1. The third-order valence-electron chi connectivity index (χ3n) is 4.20. The number of rotatable bonds is 2. The van der Waals surface area contributed by atoms with Gasteiger partial charge in [-0.1, -0.05) is 25.1 Å². The Bertz CT molecular complexity index is 575. The first-order chi connectivity index (χ1) is 8.57. The second-order valence-electron chi connectivity index (χ2n) is 5.91. The zero-order valence-corrected chi connectivity index (χ0v) is 11.7. The summed E-state index contributed by atoms with van der Waals surface area (Å²) in [5.41, 5.74) is 2.77. The van der Waals surface area contributed by atoms with E-state index < -0.39 is 0 Å². The van der Waals surface area contributed by atoms with Gasteiger partial charge in [-0.2, -0.15) is 5.10 Å². The van der Waals surface area contributed by atoms with Crippen LogP contribution in [0.3, 0.4) is 0 Å². The van der Waals surface area contributed by atoms with Gasteiger partial charge in [0.25, 0.3) is 0 Å². The highest BCUT2D eigenvalue weighted by atomic mass is 35.5. The van der Waals surface area contributed by atoms with Crippen LogP contribution < -0.4 is 0 Å². The van der Waals surface area contributed by atoms with Gasteiger partial charge in [-0.05, 0) is 37.2 Å². The van der Waals surface area contributed by atoms with E-state index in [0.29, 0.717) is 10.8 Å². The topological polar surface area (TPSA) is 17.8 Å². The summed E-state index contributed by atoms with van der Waals surface area (Å²) in [6, 6.07) is 8.47. The van der Waals surface area contributed by atoms with Crippen molar-refractivity contribution in [1.82, 2.24) is 9.78 Å². The molecule has 2 unspecified atom stereocenters. The average Bonchev–Trinajstić information content (AvgIpc) is 2.82. The summed E-state index contributed by atoms with van der Waals surface area (Å²) in [5, 5.41) is 6.34. The van der Waals surface area contributed by atoms with Crippen molar-refractivity contribution in [2.75, 3.05) is 0 Å². The lowest BCUT2D eigenvalue weighted by Crippen LogP contribution is -2.16. The van der Waals surface area contributed by atoms with E-state index in [-0.39, 0.29) is 0 Å². The standard InChI is InChI=1S/C15H19ClN2/c1-15(8-7-11(16)9-15)10-13-12-5-3-4-6-14(12)18(2)17-13/h3-6,11H,7-10H2,1-2H3. The minimum absolute atomic E-state index is 0.323. The van der Waals surface area contributed by atoms with Crippen molar-refractivity contribution in [1.29, 1.82) is 0 Å². The van der Waals surface area contributed by atoms with E-state index in [1.807, 2.05) is 11.7 Å². The number of nitrogens with zero attached hydrogens (tertiary/aromatic N) is 2. The fourth-order valence-corrected chi connectivity index (χ4v) is 3.71. The first-order valence-electron chi connectivity index (χ1n) is 6.62. The number of aromatic nitrogens is 2. The summed E-state index contributed by atoms with van der Waals surface area (Å²) in [6.45, 7) is 2.35. The maximum Gasteiger partial charge on any atom is 0.0708 e. The number of para-hydroxylation sites is 1. The minimum Gasteiger partial charge on any atom is -0.268 e. The second kappa shape index (κ2) is 4.27. The fourth-order valence-electron chi connectivity index (χ4n) is 3.23. The van der Waals surface area contributed by atoms with Gasteiger partial charge >= 0.3 is 0 Å². The van der Waals surface area contributed by atoms with Crippen molar-refractivity contribution in [3.05, 3.63) is 30.0 Å². The van der Waals surface area contributed by atoms with Crippen LogP contribution in [0.4, 0.5) is 0 Å². The molecule has 0 bridgehead atoms. The zero-order valence-electron chi connectivity index (χ0n) is 11.0. The molecule has 1 aromatic heterocycles. The molecule has 3 rings (SSSR count). The highest BCUT2D eigenvalue weighted by molar-refractivity contribution is 6.20. The lowest BCUT2D eigenvalue weighted by molar-refractivity contribution is 0.331. The van der Waals surface area contributed by atoms with Gasteiger partial charge in [0.1, 0.15) is 0 Å². The van der Waals surface area contributed by atoms with Crippen molar-refractivity contribution >= 4 is 22.5 Å². The molecule has 0 aliphatic heterocycles. The average molecular weight is 263 g/mol. The normalized spacial score (nSPS) is 28.1. The largest absolute Gasteiger partial charge is 0.268 e. The van der Waals surface area contributed by atoms with Crippen LogP contribution in [0, 0.1) is 5.41 Å². The fraction of sp³-hybridized carbons (Fsp3) is 0.533. The monoisotopic (exact) mass is 262 g/mol. The predicted octanol–water partition coefficient (Wildman–Crippen LogP) is 3.91. The van der Waals surface area contributed by atoms with Crippen LogP contribution in [0.1, 0.15) is 31.9 Å². The number of hydrogen-bond donors (Lipinski definition) is 0. The van der Waals surface area contributed by atoms with E-state index in [1.54, 1.807) is 0 Å². The summed E-state index contributed by atoms with van der Waals surface area (Å²) >= 11 is 6.26. The van der Waals surface area contributed by atoms with Crippen LogP contribution in [0.2, 0.25) is 0 Å². The highest BCUT2D eigenvalue weighted by Gasteiger charge is 2.35. The molecule has 1 fully saturated rings. The van der Waals surface area contributed by atoms with Gasteiger partial charge < -0.3 is 0 Å². The van der Waals surface area contributed by atoms with Gasteiger partial charge in [0, 0.05) is 17.8 Å². The molecular weight excluding hydrogens is 244 g/mol. The molecule has 96 valence electrons. The first kappa shape index (κ1) is 12.0. The number of fused-ring (bicyclic) bond motifs is 1. The van der Waals surface area contributed by atoms with Crippen molar-refractivity contribution in [3.63, 3.8) is 0 Å². The van der Waals surface area contributed by atoms with Crippen LogP contribution in [-0.2, 0) is 13.5 Å².